The quantitative estimate of drug-likeness (QED) is 0.0695. The van der Waals surface area contributed by atoms with Gasteiger partial charge >= 0.3 is 17.9 Å². The number of anilines is 1. The highest BCUT2D eigenvalue weighted by Crippen LogP contribution is 2.42. The second kappa shape index (κ2) is 16.2. The Balaban J connectivity index is 1.32. The minimum absolute atomic E-state index is 0.0223. The zero-order chi connectivity index (χ0) is 42.2. The molecule has 0 saturated carbocycles. The van der Waals surface area contributed by atoms with Crippen LogP contribution in [-0.2, 0) is 39.5 Å². The Bertz CT molecular complexity index is 2310. The normalized spacial score (nSPS) is 18.2. The first kappa shape index (κ1) is 42.8. The van der Waals surface area contributed by atoms with Crippen molar-refractivity contribution in [2.24, 2.45) is 0 Å². The smallest absolute Gasteiger partial charge is 0.308 e. The third kappa shape index (κ3) is 9.28. The van der Waals surface area contributed by atoms with Crippen molar-refractivity contribution < 1.29 is 43.2 Å². The molecule has 0 unspecified atom stereocenters. The summed E-state index contributed by atoms with van der Waals surface area (Å²) in [7, 11) is 0. The van der Waals surface area contributed by atoms with Crippen LogP contribution in [0.5, 0.6) is 11.5 Å². The first-order valence-electron chi connectivity index (χ1n) is 18.4. The van der Waals surface area contributed by atoms with E-state index in [9.17, 15) is 24.3 Å². The van der Waals surface area contributed by atoms with Crippen molar-refractivity contribution in [1.82, 2.24) is 19.5 Å². The number of esters is 3. The number of benzene rings is 2. The number of fused-ring (bicyclic) bond motifs is 1. The monoisotopic (exact) mass is 801 g/mol. The van der Waals surface area contributed by atoms with Crippen LogP contribution in [0.25, 0.3) is 11.2 Å². The number of carbonyl (C=O) groups is 4. The van der Waals surface area contributed by atoms with E-state index in [0.29, 0.717) is 22.6 Å². The second-order valence-corrected chi connectivity index (χ2v) is 16.3. The van der Waals surface area contributed by atoms with Gasteiger partial charge in [-0.15, -0.1) is 6.42 Å². The number of nitrogens with one attached hydrogen (secondary N) is 1. The molecule has 0 bridgehead atoms. The van der Waals surface area contributed by atoms with Crippen LogP contribution in [0.15, 0.2) is 30.6 Å². The first-order chi connectivity index (χ1) is 26.6. The Labute approximate surface area is 336 Å². The van der Waals surface area contributed by atoms with Gasteiger partial charge in [0.15, 0.2) is 22.6 Å². The number of aromatic nitrogens is 4. The molecule has 3 atom stereocenters. The van der Waals surface area contributed by atoms with Crippen molar-refractivity contribution in [3.63, 3.8) is 0 Å². The van der Waals surface area contributed by atoms with E-state index in [4.69, 9.17) is 37.0 Å². The molecule has 4 aromatic rings. The van der Waals surface area contributed by atoms with Crippen LogP contribution < -0.4 is 14.8 Å². The van der Waals surface area contributed by atoms with Gasteiger partial charge in [-0.1, -0.05) is 45.7 Å². The largest absolute Gasteiger partial charge is 0.461 e. The summed E-state index contributed by atoms with van der Waals surface area (Å²) >= 11 is 6.35. The number of aryl methyl sites for hydroxylation is 4. The molecular formula is C42H48ClN5O9. The van der Waals surface area contributed by atoms with E-state index >= 15 is 0 Å². The average Bonchev–Trinajstić information content (AvgIpc) is 3.62. The lowest BCUT2D eigenvalue weighted by Gasteiger charge is -2.30. The van der Waals surface area contributed by atoms with Gasteiger partial charge in [0.2, 0.25) is 11.2 Å². The molecule has 1 saturated heterocycles. The Morgan fingerprint density at radius 3 is 2.02 bits per heavy atom. The molecule has 2 aromatic heterocycles. The maximum Gasteiger partial charge on any atom is 0.308 e. The van der Waals surface area contributed by atoms with Crippen LogP contribution in [0.4, 0.5) is 5.82 Å². The van der Waals surface area contributed by atoms with Crippen LogP contribution in [0, 0.1) is 40.0 Å². The van der Waals surface area contributed by atoms with Gasteiger partial charge in [-0.25, -0.2) is 4.98 Å². The number of aliphatic hydroxyl groups is 1. The summed E-state index contributed by atoms with van der Waals surface area (Å²) in [6.07, 6.45) is 4.99. The fourth-order valence-corrected chi connectivity index (χ4v) is 7.99. The summed E-state index contributed by atoms with van der Waals surface area (Å²) in [6.45, 7) is 17.2. The SMILES string of the molecule is C#C[C@]1(COC(=O)CC(C)(C)c2c(C)cc(C)cc2OC(C)=O)O[C@@H](n2cnc3c(NC(=O)CC(C)(C)c4c(C)cc(C)cc4OC(C)=O)nc(Cl)nc32)C[C@@H]1O. The van der Waals surface area contributed by atoms with Gasteiger partial charge in [-0.3, -0.25) is 23.7 Å². The molecule has 302 valence electrons. The minimum Gasteiger partial charge on any atom is -0.461 e. The fourth-order valence-electron chi connectivity index (χ4n) is 7.83. The van der Waals surface area contributed by atoms with E-state index in [1.54, 1.807) is 12.1 Å². The van der Waals surface area contributed by atoms with Gasteiger partial charge in [-0.05, 0) is 73.7 Å². The summed E-state index contributed by atoms with van der Waals surface area (Å²) < 4.78 is 24.4. The number of amides is 1. The number of ether oxygens (including phenoxy) is 4. The standard InChI is InChI=1S/C42H48ClN5O9/c1-12-42(20-54-33(53)19-41(10,11)35-25(5)14-23(3)16-29(35)56-27(7)50)30(51)17-32(57-42)48-21-44-36-37(46-39(43)47-38(36)48)45-31(52)18-40(8,9)34-24(4)13-22(2)15-28(34)55-26(6)49/h1,13-16,21,30,32,51H,17-20H2,2-11H3,(H,45,46,47,52)/t30-,32+,42+/m0/s1. The predicted octanol–water partition coefficient (Wildman–Crippen LogP) is 6.43. The molecule has 0 radical (unpaired) electrons. The highest BCUT2D eigenvalue weighted by Gasteiger charge is 2.49. The Hall–Kier alpha value is -5.36. The van der Waals surface area contributed by atoms with Gasteiger partial charge in [0, 0.05) is 48.6 Å². The van der Waals surface area contributed by atoms with E-state index in [-0.39, 0.29) is 41.5 Å². The highest BCUT2D eigenvalue weighted by atomic mass is 35.5. The van der Waals surface area contributed by atoms with Gasteiger partial charge in [0.05, 0.1) is 12.7 Å². The lowest BCUT2D eigenvalue weighted by Crippen LogP contribution is -2.43. The van der Waals surface area contributed by atoms with Gasteiger partial charge in [0.1, 0.15) is 30.4 Å². The molecule has 2 aromatic carbocycles. The molecule has 3 heterocycles. The van der Waals surface area contributed by atoms with Crippen LogP contribution in [0.3, 0.4) is 0 Å². The number of nitrogens with zero attached hydrogens (tertiary/aromatic N) is 4. The Morgan fingerprint density at radius 1 is 0.947 bits per heavy atom. The fraction of sp³-hybridized carbons (Fsp3) is 0.452. The van der Waals surface area contributed by atoms with Crippen molar-refractivity contribution in [2.45, 2.75) is 117 Å². The number of terminal acetylenes is 1. The van der Waals surface area contributed by atoms with Crippen LogP contribution in [-0.4, -0.2) is 66.8 Å². The molecule has 5 rings (SSSR count). The van der Waals surface area contributed by atoms with E-state index in [0.717, 1.165) is 22.3 Å². The van der Waals surface area contributed by atoms with E-state index in [1.807, 2.05) is 67.5 Å². The topological polar surface area (TPSA) is 181 Å². The number of hydrogen-bond donors (Lipinski definition) is 2. The van der Waals surface area contributed by atoms with Crippen molar-refractivity contribution in [2.75, 3.05) is 11.9 Å². The number of rotatable bonds is 12. The Morgan fingerprint density at radius 2 is 1.49 bits per heavy atom. The van der Waals surface area contributed by atoms with E-state index in [2.05, 4.69) is 26.2 Å². The van der Waals surface area contributed by atoms with Crippen molar-refractivity contribution in [1.29, 1.82) is 0 Å². The number of imidazole rings is 1. The molecule has 0 aliphatic carbocycles. The van der Waals surface area contributed by atoms with Crippen LogP contribution in [0.1, 0.15) is 100 Å². The maximum absolute atomic E-state index is 13.6. The summed E-state index contributed by atoms with van der Waals surface area (Å²) in [5.41, 5.74) is 1.99. The number of carbonyl (C=O) groups excluding carboxylic acids is 4. The summed E-state index contributed by atoms with van der Waals surface area (Å²) in [6, 6.07) is 7.42. The number of hydrogen-bond acceptors (Lipinski definition) is 12. The molecule has 15 heteroatoms. The summed E-state index contributed by atoms with van der Waals surface area (Å²) in [4.78, 5) is 63.7. The second-order valence-electron chi connectivity index (χ2n) is 16.0. The lowest BCUT2D eigenvalue weighted by atomic mass is 9.78. The van der Waals surface area contributed by atoms with E-state index in [1.165, 1.54) is 24.7 Å². The van der Waals surface area contributed by atoms with Gasteiger partial charge < -0.3 is 29.4 Å². The number of halogens is 1. The molecule has 1 fully saturated rings. The molecule has 0 spiro atoms. The first-order valence-corrected chi connectivity index (χ1v) is 18.7. The number of aliphatic hydroxyl groups excluding tert-OH is 1. The van der Waals surface area contributed by atoms with Crippen molar-refractivity contribution in [3.8, 4) is 23.8 Å². The molecule has 1 aliphatic rings. The van der Waals surface area contributed by atoms with Crippen molar-refractivity contribution in [3.05, 3.63) is 69.3 Å². The lowest BCUT2D eigenvalue weighted by molar-refractivity contribution is -0.157. The zero-order valence-electron chi connectivity index (χ0n) is 33.8. The molecule has 57 heavy (non-hydrogen) atoms. The van der Waals surface area contributed by atoms with Crippen LogP contribution >= 0.6 is 11.6 Å². The maximum atomic E-state index is 13.6. The molecule has 14 nitrogen and oxygen atoms in total. The predicted molar refractivity (Wildman–Crippen MR) is 212 cm³/mol. The molecule has 1 aliphatic heterocycles. The highest BCUT2D eigenvalue weighted by molar-refractivity contribution is 6.28. The summed E-state index contributed by atoms with van der Waals surface area (Å²) in [5, 5.41) is 13.8. The van der Waals surface area contributed by atoms with Gasteiger partial charge in [-0.2, -0.15) is 9.97 Å². The third-order valence-corrected chi connectivity index (χ3v) is 10.1. The van der Waals surface area contributed by atoms with Crippen LogP contribution in [0.2, 0.25) is 5.28 Å². The molecule has 1 amide bonds. The molecule has 2 N–H and O–H groups in total. The third-order valence-electron chi connectivity index (χ3n) is 9.90. The minimum atomic E-state index is -1.72. The Kier molecular flexibility index (Phi) is 12.2. The van der Waals surface area contributed by atoms with Crippen molar-refractivity contribution >= 4 is 52.4 Å². The molecular weight excluding hydrogens is 754 g/mol. The van der Waals surface area contributed by atoms with E-state index < -0.39 is 59.2 Å². The summed E-state index contributed by atoms with van der Waals surface area (Å²) in [5.74, 6) is 1.30. The zero-order valence-corrected chi connectivity index (χ0v) is 34.6. The average molecular weight is 802 g/mol. The van der Waals surface area contributed by atoms with Gasteiger partial charge in [0.25, 0.3) is 0 Å².